The van der Waals surface area contributed by atoms with E-state index in [4.69, 9.17) is 20.6 Å². The van der Waals surface area contributed by atoms with E-state index in [9.17, 15) is 9.59 Å². The lowest BCUT2D eigenvalue weighted by Gasteiger charge is -2.36. The van der Waals surface area contributed by atoms with Crippen LogP contribution < -0.4 is 20.7 Å². The Bertz CT molecular complexity index is 1110. The molecule has 0 aliphatic carbocycles. The first-order valence-electron chi connectivity index (χ1n) is 11.3. The number of carbonyl (C=O) groups excluding carboxylic acids is 2. The minimum absolute atomic E-state index is 0.196. The van der Waals surface area contributed by atoms with Gasteiger partial charge in [-0.15, -0.1) is 0 Å². The summed E-state index contributed by atoms with van der Waals surface area (Å²) in [5, 5.41) is 10.4. The summed E-state index contributed by atoms with van der Waals surface area (Å²) in [6.45, 7) is 5.62. The molecule has 2 aromatic rings. The molecule has 0 unspecified atom stereocenters. The molecule has 4 N–H and O–H groups in total. The van der Waals surface area contributed by atoms with E-state index in [1.165, 1.54) is 13.2 Å². The van der Waals surface area contributed by atoms with Crippen molar-refractivity contribution in [2.75, 3.05) is 57.2 Å². The van der Waals surface area contributed by atoms with Gasteiger partial charge in [0.15, 0.2) is 0 Å². The Morgan fingerprint density at radius 2 is 1.86 bits per heavy atom. The number of benzene rings is 1. The normalized spacial score (nSPS) is 14.4. The number of anilines is 2. The summed E-state index contributed by atoms with van der Waals surface area (Å²) in [5.74, 6) is -0.0476. The van der Waals surface area contributed by atoms with Crippen molar-refractivity contribution in [3.8, 4) is 5.75 Å². The Kier molecular flexibility index (Phi) is 8.80. The first kappa shape index (κ1) is 25.7. The molecule has 186 valence electrons. The van der Waals surface area contributed by atoms with Gasteiger partial charge in [-0.2, -0.15) is 0 Å². The number of nitrogens with zero attached hydrogens (tertiary/aromatic N) is 3. The molecule has 10 heteroatoms. The number of rotatable bonds is 9. The molecule has 1 aliphatic rings. The first-order chi connectivity index (χ1) is 16.8. The van der Waals surface area contributed by atoms with Gasteiger partial charge in [-0.25, -0.2) is 4.98 Å². The zero-order valence-electron chi connectivity index (χ0n) is 20.3. The zero-order chi connectivity index (χ0) is 25.4. The third-order valence-electron chi connectivity index (χ3n) is 5.68. The van der Waals surface area contributed by atoms with Crippen molar-refractivity contribution >= 4 is 34.7 Å². The maximum atomic E-state index is 12.9. The molecule has 35 heavy (non-hydrogen) atoms. The van der Waals surface area contributed by atoms with Gasteiger partial charge in [0.05, 0.1) is 37.7 Å². The second-order valence-corrected chi connectivity index (χ2v) is 8.18. The van der Waals surface area contributed by atoms with Crippen LogP contribution in [-0.2, 0) is 9.53 Å². The van der Waals surface area contributed by atoms with Crippen LogP contribution in [0.3, 0.4) is 0 Å². The number of esters is 1. The zero-order valence-corrected chi connectivity index (χ0v) is 20.3. The number of amides is 1. The van der Waals surface area contributed by atoms with Crippen LogP contribution in [0.4, 0.5) is 11.4 Å². The van der Waals surface area contributed by atoms with Crippen LogP contribution in [0.1, 0.15) is 29.5 Å². The van der Waals surface area contributed by atoms with Crippen LogP contribution in [0.15, 0.2) is 42.5 Å². The molecule has 1 fully saturated rings. The highest BCUT2D eigenvalue weighted by Gasteiger charge is 2.20. The molecule has 0 spiro atoms. The molecule has 2 heterocycles. The van der Waals surface area contributed by atoms with E-state index in [0.29, 0.717) is 41.5 Å². The van der Waals surface area contributed by atoms with E-state index in [-0.39, 0.29) is 11.7 Å². The standard InChI is InChI=1S/C25H32N6O4/c1-17(26)15-19(27)20-5-4-6-22(28-20)25(33)29-21-8-7-18(16-23(21)34-2)31-13-11-30(12-14-31)10-9-24(32)35-3/h4-8,15-16,26H,9-14,27H2,1-3H3,(H,29,33)/b19-15-,26-17?. The summed E-state index contributed by atoms with van der Waals surface area (Å²) in [6.07, 6.45) is 1.88. The second kappa shape index (κ2) is 12.0. The first-order valence-corrected chi connectivity index (χ1v) is 11.3. The second-order valence-electron chi connectivity index (χ2n) is 8.18. The molecule has 1 aliphatic heterocycles. The monoisotopic (exact) mass is 480 g/mol. The Balaban J connectivity index is 1.66. The number of carbonyl (C=O) groups is 2. The molecule has 1 aromatic carbocycles. The predicted molar refractivity (Wildman–Crippen MR) is 136 cm³/mol. The van der Waals surface area contributed by atoms with E-state index in [0.717, 1.165) is 31.9 Å². The van der Waals surface area contributed by atoms with E-state index in [1.807, 2.05) is 18.2 Å². The van der Waals surface area contributed by atoms with Crippen molar-refractivity contribution in [3.63, 3.8) is 0 Å². The number of piperazine rings is 1. The van der Waals surface area contributed by atoms with Crippen molar-refractivity contribution in [2.45, 2.75) is 13.3 Å². The molecule has 1 saturated heterocycles. The molecule has 1 amide bonds. The van der Waals surface area contributed by atoms with Crippen LogP contribution in [0.25, 0.3) is 5.70 Å². The van der Waals surface area contributed by atoms with E-state index < -0.39 is 5.91 Å². The summed E-state index contributed by atoms with van der Waals surface area (Å²) in [4.78, 5) is 33.0. The highest BCUT2D eigenvalue weighted by molar-refractivity contribution is 6.04. The lowest BCUT2D eigenvalue weighted by molar-refractivity contribution is -0.141. The van der Waals surface area contributed by atoms with Crippen molar-refractivity contribution in [3.05, 3.63) is 53.9 Å². The van der Waals surface area contributed by atoms with Gasteiger partial charge in [-0.1, -0.05) is 6.07 Å². The Hall–Kier alpha value is -3.92. The average Bonchev–Trinajstić information content (AvgIpc) is 2.87. The fraction of sp³-hybridized carbons (Fsp3) is 0.360. The lowest BCUT2D eigenvalue weighted by Crippen LogP contribution is -2.47. The van der Waals surface area contributed by atoms with E-state index >= 15 is 0 Å². The number of aromatic nitrogens is 1. The van der Waals surface area contributed by atoms with Crippen LogP contribution in [-0.4, -0.2) is 74.4 Å². The number of hydrogen-bond acceptors (Lipinski definition) is 9. The molecule has 0 radical (unpaired) electrons. The molecular weight excluding hydrogens is 448 g/mol. The number of nitrogens with one attached hydrogen (secondary N) is 2. The smallest absolute Gasteiger partial charge is 0.306 e. The SMILES string of the molecule is COC(=O)CCN1CCN(c2ccc(NC(=O)c3cccc(/C(N)=C/C(C)=N)n3)c(OC)c2)CC1. The quantitative estimate of drug-likeness (QED) is 0.368. The molecule has 1 aromatic heterocycles. The summed E-state index contributed by atoms with van der Waals surface area (Å²) in [5.41, 5.74) is 8.75. The highest BCUT2D eigenvalue weighted by Crippen LogP contribution is 2.30. The van der Waals surface area contributed by atoms with Crippen LogP contribution in [0.2, 0.25) is 0 Å². The number of methoxy groups -OCH3 is 2. The third kappa shape index (κ3) is 7.03. The largest absolute Gasteiger partial charge is 0.494 e. The molecule has 10 nitrogen and oxygen atoms in total. The maximum Gasteiger partial charge on any atom is 0.306 e. The van der Waals surface area contributed by atoms with Crippen LogP contribution in [0, 0.1) is 5.41 Å². The predicted octanol–water partition coefficient (Wildman–Crippen LogP) is 2.37. The van der Waals surface area contributed by atoms with Gasteiger partial charge < -0.3 is 30.8 Å². The van der Waals surface area contributed by atoms with Gasteiger partial charge in [-0.05, 0) is 37.3 Å². The van der Waals surface area contributed by atoms with Gasteiger partial charge in [0.2, 0.25) is 0 Å². The summed E-state index contributed by atoms with van der Waals surface area (Å²) >= 11 is 0. The average molecular weight is 481 g/mol. The fourth-order valence-corrected chi connectivity index (χ4v) is 3.78. The summed E-state index contributed by atoms with van der Waals surface area (Å²) in [7, 11) is 2.96. The molecular formula is C25H32N6O4. The third-order valence-corrected chi connectivity index (χ3v) is 5.68. The Morgan fingerprint density at radius 1 is 1.14 bits per heavy atom. The maximum absolute atomic E-state index is 12.9. The molecule has 0 atom stereocenters. The number of hydrogen-bond donors (Lipinski definition) is 3. The number of pyridine rings is 1. The fourth-order valence-electron chi connectivity index (χ4n) is 3.78. The molecule has 0 saturated carbocycles. The topological polar surface area (TPSA) is 134 Å². The van der Waals surface area contributed by atoms with Crippen LogP contribution >= 0.6 is 0 Å². The van der Waals surface area contributed by atoms with Gasteiger partial charge in [0.1, 0.15) is 11.4 Å². The summed E-state index contributed by atoms with van der Waals surface area (Å²) in [6, 6.07) is 10.6. The number of ether oxygens (including phenoxy) is 2. The van der Waals surface area contributed by atoms with Gasteiger partial charge in [0, 0.05) is 50.2 Å². The van der Waals surface area contributed by atoms with Crippen LogP contribution in [0.5, 0.6) is 5.75 Å². The van der Waals surface area contributed by atoms with Gasteiger partial charge in [0.25, 0.3) is 5.91 Å². The van der Waals surface area contributed by atoms with Crippen molar-refractivity contribution in [1.29, 1.82) is 5.41 Å². The minimum Gasteiger partial charge on any atom is -0.494 e. The number of allylic oxidation sites excluding steroid dienone is 1. The highest BCUT2D eigenvalue weighted by atomic mass is 16.5. The molecule has 3 rings (SSSR count). The molecule has 0 bridgehead atoms. The van der Waals surface area contributed by atoms with Crippen molar-refractivity contribution < 1.29 is 19.1 Å². The summed E-state index contributed by atoms with van der Waals surface area (Å²) < 4.78 is 10.3. The van der Waals surface area contributed by atoms with Gasteiger partial charge in [-0.3, -0.25) is 14.5 Å². The number of nitrogens with two attached hydrogens (primary N) is 1. The van der Waals surface area contributed by atoms with Gasteiger partial charge >= 0.3 is 5.97 Å². The van der Waals surface area contributed by atoms with E-state index in [2.05, 4.69) is 20.1 Å². The van der Waals surface area contributed by atoms with E-state index in [1.54, 1.807) is 32.2 Å². The lowest BCUT2D eigenvalue weighted by atomic mass is 10.2. The Labute approximate surface area is 205 Å². The minimum atomic E-state index is -0.392. The van der Waals surface area contributed by atoms with Crippen molar-refractivity contribution in [2.24, 2.45) is 5.73 Å². The van der Waals surface area contributed by atoms with Crippen molar-refractivity contribution in [1.82, 2.24) is 9.88 Å². The Morgan fingerprint density at radius 3 is 2.51 bits per heavy atom.